The van der Waals surface area contributed by atoms with Crippen molar-refractivity contribution >= 4 is 52.6 Å². The number of benzene rings is 2. The fraction of sp³-hybridized carbons (Fsp3) is 0.375. The van der Waals surface area contributed by atoms with Crippen LogP contribution in [-0.2, 0) is 35.1 Å². The van der Waals surface area contributed by atoms with Crippen molar-refractivity contribution in [3.05, 3.63) is 71.8 Å². The molecule has 3 rings (SSSR count). The van der Waals surface area contributed by atoms with Crippen LogP contribution in [0.15, 0.2) is 60.7 Å². The van der Waals surface area contributed by atoms with Gasteiger partial charge in [-0.05, 0) is 24.6 Å². The lowest BCUT2D eigenvalue weighted by atomic mass is 9.98. The van der Waals surface area contributed by atoms with Gasteiger partial charge in [-0.15, -0.1) is 0 Å². The first-order valence-electron chi connectivity index (χ1n) is 10.6. The minimum Gasteiger partial charge on any atom is -0.453 e. The van der Waals surface area contributed by atoms with Crippen LogP contribution >= 0.6 is 34.8 Å². The molecular formula is C24H24Cl3NO7. The van der Waals surface area contributed by atoms with E-state index in [1.54, 1.807) is 37.3 Å². The maximum Gasteiger partial charge on any atom is 0.338 e. The topological polar surface area (TPSA) is 104 Å². The Morgan fingerprint density at radius 1 is 0.914 bits per heavy atom. The monoisotopic (exact) mass is 543 g/mol. The molecule has 1 fully saturated rings. The molecule has 0 saturated carbocycles. The molecule has 0 amide bonds. The first-order chi connectivity index (χ1) is 16.6. The fourth-order valence-corrected chi connectivity index (χ4v) is 3.59. The molecule has 35 heavy (non-hydrogen) atoms. The number of carbonyl (C=O) groups is 2. The van der Waals surface area contributed by atoms with Gasteiger partial charge in [-0.1, -0.05) is 83.3 Å². The second-order valence-electron chi connectivity index (χ2n) is 7.73. The van der Waals surface area contributed by atoms with Crippen LogP contribution in [0.5, 0.6) is 0 Å². The van der Waals surface area contributed by atoms with Gasteiger partial charge >= 0.3 is 11.9 Å². The van der Waals surface area contributed by atoms with Crippen molar-refractivity contribution in [2.75, 3.05) is 0 Å². The highest BCUT2D eigenvalue weighted by molar-refractivity contribution is 6.76. The zero-order valence-electron chi connectivity index (χ0n) is 18.9. The molecule has 2 aromatic carbocycles. The summed E-state index contributed by atoms with van der Waals surface area (Å²) in [4.78, 5) is 24.8. The van der Waals surface area contributed by atoms with E-state index in [1.165, 1.54) is 6.92 Å². The molecule has 5 atom stereocenters. The number of halogens is 3. The largest absolute Gasteiger partial charge is 0.453 e. The predicted octanol–water partition coefficient (Wildman–Crippen LogP) is 4.84. The van der Waals surface area contributed by atoms with Crippen LogP contribution in [0.4, 0.5) is 0 Å². The van der Waals surface area contributed by atoms with Crippen molar-refractivity contribution in [3.8, 4) is 0 Å². The SMILES string of the molecule is CC(=O)O[C@H]1[C@H](OC(=N)C(Cl)(Cl)Cl)O[C@@H](C)[C@H](OC(=O)c2ccccc2)[C@H]1OCc1ccccc1. The van der Waals surface area contributed by atoms with Crippen LogP contribution in [0, 0.1) is 5.41 Å². The number of alkyl halides is 3. The Morgan fingerprint density at radius 3 is 2.09 bits per heavy atom. The van der Waals surface area contributed by atoms with Crippen LogP contribution in [0.2, 0.25) is 0 Å². The third kappa shape index (κ3) is 7.56. The number of hydrogen-bond acceptors (Lipinski definition) is 8. The zero-order chi connectivity index (χ0) is 25.6. The molecule has 0 spiro atoms. The molecule has 1 aliphatic rings. The lowest BCUT2D eigenvalue weighted by Gasteiger charge is -2.44. The Hall–Kier alpha value is -2.36. The summed E-state index contributed by atoms with van der Waals surface area (Å²) in [6, 6.07) is 17.6. The van der Waals surface area contributed by atoms with Crippen molar-refractivity contribution in [1.29, 1.82) is 5.41 Å². The molecular weight excluding hydrogens is 521 g/mol. The summed E-state index contributed by atoms with van der Waals surface area (Å²) >= 11 is 17.3. The number of rotatable bonds is 7. The molecule has 0 radical (unpaired) electrons. The van der Waals surface area contributed by atoms with E-state index in [0.717, 1.165) is 5.56 Å². The van der Waals surface area contributed by atoms with Gasteiger partial charge in [0.05, 0.1) is 18.3 Å². The molecule has 1 N–H and O–H groups in total. The third-order valence-corrected chi connectivity index (χ3v) is 5.57. The Bertz CT molecular complexity index is 1020. The van der Waals surface area contributed by atoms with E-state index in [1.807, 2.05) is 30.3 Å². The molecule has 1 saturated heterocycles. The van der Waals surface area contributed by atoms with E-state index in [0.29, 0.717) is 5.56 Å². The summed E-state index contributed by atoms with van der Waals surface area (Å²) in [5, 5.41) is 7.93. The second-order valence-corrected chi connectivity index (χ2v) is 10.0. The maximum absolute atomic E-state index is 12.8. The Kier molecular flexibility index (Phi) is 9.38. The minimum atomic E-state index is -2.18. The third-order valence-electron chi connectivity index (χ3n) is 5.06. The standard InChI is InChI=1S/C24H24Cl3NO7/c1-14-18(34-21(30)17-11-7-4-8-12-17)19(31-13-16-9-5-3-6-10-16)20(33-15(2)29)22(32-14)35-23(28)24(25,26)27/h3-12,14,18-20,22,28H,13H2,1-2H3/t14-,18-,19+,20+,22-/m0/s1. The summed E-state index contributed by atoms with van der Waals surface area (Å²) in [6.07, 6.45) is -5.47. The molecule has 0 unspecified atom stereocenters. The summed E-state index contributed by atoms with van der Waals surface area (Å²) in [5.41, 5.74) is 1.15. The summed E-state index contributed by atoms with van der Waals surface area (Å²) in [5.74, 6) is -2.03. The van der Waals surface area contributed by atoms with E-state index >= 15 is 0 Å². The predicted molar refractivity (Wildman–Crippen MR) is 130 cm³/mol. The average molecular weight is 545 g/mol. The summed E-state index contributed by atoms with van der Waals surface area (Å²) in [6.45, 7) is 2.92. The molecule has 188 valence electrons. The van der Waals surface area contributed by atoms with E-state index in [9.17, 15) is 9.59 Å². The van der Waals surface area contributed by atoms with Gasteiger partial charge in [-0.2, -0.15) is 0 Å². The molecule has 0 bridgehead atoms. The average Bonchev–Trinajstić information content (AvgIpc) is 2.81. The number of nitrogens with one attached hydrogen (secondary N) is 1. The van der Waals surface area contributed by atoms with E-state index in [-0.39, 0.29) is 6.61 Å². The highest BCUT2D eigenvalue weighted by atomic mass is 35.6. The molecule has 2 aromatic rings. The molecule has 11 heteroatoms. The highest BCUT2D eigenvalue weighted by Gasteiger charge is 2.51. The van der Waals surface area contributed by atoms with Gasteiger partial charge in [-0.25, -0.2) is 4.79 Å². The quantitative estimate of drug-likeness (QED) is 0.230. The lowest BCUT2D eigenvalue weighted by molar-refractivity contribution is -0.286. The molecule has 1 aliphatic heterocycles. The Balaban J connectivity index is 1.91. The van der Waals surface area contributed by atoms with Gasteiger partial charge in [0.2, 0.25) is 12.2 Å². The maximum atomic E-state index is 12.8. The van der Waals surface area contributed by atoms with Gasteiger partial charge in [0.25, 0.3) is 3.79 Å². The molecule has 8 nitrogen and oxygen atoms in total. The van der Waals surface area contributed by atoms with Crippen molar-refractivity contribution < 1.29 is 33.3 Å². The summed E-state index contributed by atoms with van der Waals surface area (Å²) < 4.78 is 26.4. The molecule has 0 aliphatic carbocycles. The van der Waals surface area contributed by atoms with Gasteiger partial charge in [0.15, 0.2) is 12.2 Å². The van der Waals surface area contributed by atoms with Gasteiger partial charge in [0.1, 0.15) is 6.10 Å². The fourth-order valence-electron chi connectivity index (χ4n) is 3.45. The van der Waals surface area contributed by atoms with Crippen LogP contribution < -0.4 is 0 Å². The Labute approximate surface area is 217 Å². The zero-order valence-corrected chi connectivity index (χ0v) is 21.1. The lowest BCUT2D eigenvalue weighted by Crippen LogP contribution is -2.61. The Morgan fingerprint density at radius 2 is 1.51 bits per heavy atom. The van der Waals surface area contributed by atoms with Crippen LogP contribution in [0.25, 0.3) is 0 Å². The van der Waals surface area contributed by atoms with Gasteiger partial charge in [-0.3, -0.25) is 10.2 Å². The van der Waals surface area contributed by atoms with E-state index in [2.05, 4.69) is 0 Å². The highest BCUT2D eigenvalue weighted by Crippen LogP contribution is 2.34. The van der Waals surface area contributed by atoms with Crippen molar-refractivity contribution in [2.45, 2.75) is 55.0 Å². The number of hydrogen-bond donors (Lipinski definition) is 1. The first-order valence-corrected chi connectivity index (χ1v) is 11.8. The smallest absolute Gasteiger partial charge is 0.338 e. The van der Waals surface area contributed by atoms with Crippen LogP contribution in [0.3, 0.4) is 0 Å². The van der Waals surface area contributed by atoms with E-state index < -0.39 is 52.3 Å². The van der Waals surface area contributed by atoms with Crippen molar-refractivity contribution in [2.24, 2.45) is 0 Å². The number of carbonyl (C=O) groups excluding carboxylic acids is 2. The molecule has 1 heterocycles. The second kappa shape index (κ2) is 12.1. The van der Waals surface area contributed by atoms with Crippen molar-refractivity contribution in [3.63, 3.8) is 0 Å². The number of esters is 2. The molecule has 0 aromatic heterocycles. The summed E-state index contributed by atoms with van der Waals surface area (Å²) in [7, 11) is 0. The van der Waals surface area contributed by atoms with Crippen LogP contribution in [-0.4, -0.2) is 52.3 Å². The normalized spacial score (nSPS) is 24.3. The van der Waals surface area contributed by atoms with Crippen molar-refractivity contribution in [1.82, 2.24) is 0 Å². The van der Waals surface area contributed by atoms with Gasteiger partial charge in [0, 0.05) is 6.92 Å². The minimum absolute atomic E-state index is 0.101. The first kappa shape index (κ1) is 27.2. The van der Waals surface area contributed by atoms with Crippen LogP contribution in [0.1, 0.15) is 29.8 Å². The van der Waals surface area contributed by atoms with E-state index in [4.69, 9.17) is 63.9 Å². The number of ether oxygens (including phenoxy) is 5. The van der Waals surface area contributed by atoms with Gasteiger partial charge < -0.3 is 23.7 Å².